The highest BCUT2D eigenvalue weighted by atomic mass is 32.1. The number of morpholine rings is 1. The van der Waals surface area contributed by atoms with Crippen LogP contribution in [0.4, 0.5) is 11.5 Å². The highest BCUT2D eigenvalue weighted by Gasteiger charge is 2.14. The van der Waals surface area contributed by atoms with Crippen molar-refractivity contribution in [1.82, 2.24) is 14.7 Å². The summed E-state index contributed by atoms with van der Waals surface area (Å²) >= 11 is 1.47. The van der Waals surface area contributed by atoms with Gasteiger partial charge in [-0.2, -0.15) is 4.37 Å². The Morgan fingerprint density at radius 2 is 2.04 bits per heavy atom. The van der Waals surface area contributed by atoms with Gasteiger partial charge >= 0.3 is 0 Å². The molecule has 7 nitrogen and oxygen atoms in total. The summed E-state index contributed by atoms with van der Waals surface area (Å²) in [4.78, 5) is 18.8. The topological polar surface area (TPSA) is 79.4 Å². The van der Waals surface area contributed by atoms with Crippen LogP contribution in [0.1, 0.15) is 10.5 Å². The molecule has 0 unspecified atom stereocenters. The molecule has 4 rings (SSSR count). The van der Waals surface area contributed by atoms with E-state index < -0.39 is 0 Å². The van der Waals surface area contributed by atoms with Crippen LogP contribution in [0, 0.1) is 0 Å². The van der Waals surface area contributed by atoms with Gasteiger partial charge in [0.1, 0.15) is 11.5 Å². The van der Waals surface area contributed by atoms with Crippen LogP contribution in [0.2, 0.25) is 0 Å². The number of benzene rings is 1. The van der Waals surface area contributed by atoms with Gasteiger partial charge in [0.05, 0.1) is 17.9 Å². The van der Waals surface area contributed by atoms with Gasteiger partial charge in [-0.25, -0.2) is 0 Å². The number of fused-ring (bicyclic) bond motifs is 1. The summed E-state index contributed by atoms with van der Waals surface area (Å²) in [6.07, 6.45) is 1.68. The second-order valence-electron chi connectivity index (χ2n) is 6.21. The van der Waals surface area contributed by atoms with E-state index in [2.05, 4.69) is 24.9 Å². The van der Waals surface area contributed by atoms with Crippen LogP contribution >= 0.6 is 11.5 Å². The first-order chi connectivity index (χ1) is 13.3. The van der Waals surface area contributed by atoms with Gasteiger partial charge in [0.15, 0.2) is 0 Å². The van der Waals surface area contributed by atoms with Gasteiger partial charge < -0.3 is 20.3 Å². The van der Waals surface area contributed by atoms with E-state index in [1.54, 1.807) is 6.20 Å². The summed E-state index contributed by atoms with van der Waals surface area (Å²) < 4.78 is 10.9. The Bertz CT molecular complexity index is 923. The van der Waals surface area contributed by atoms with Gasteiger partial charge in [-0.15, -0.1) is 0 Å². The molecule has 1 aromatic carbocycles. The monoisotopic (exact) mass is 383 g/mol. The SMILES string of the molecule is O=C(NCCNc1nsc2ccccc12)c1cc(N2CCOCC2)ccn1. The second-order valence-corrected chi connectivity index (χ2v) is 7.01. The largest absolute Gasteiger partial charge is 0.378 e. The molecule has 1 aliphatic heterocycles. The zero-order chi connectivity index (χ0) is 18.5. The maximum Gasteiger partial charge on any atom is 0.270 e. The fraction of sp³-hybridized carbons (Fsp3) is 0.316. The van der Waals surface area contributed by atoms with Crippen molar-refractivity contribution >= 4 is 39.0 Å². The summed E-state index contributed by atoms with van der Waals surface area (Å²) in [6.45, 7) is 4.17. The maximum atomic E-state index is 12.4. The van der Waals surface area contributed by atoms with Crippen molar-refractivity contribution < 1.29 is 9.53 Å². The molecule has 27 heavy (non-hydrogen) atoms. The predicted molar refractivity (Wildman–Crippen MR) is 108 cm³/mol. The smallest absolute Gasteiger partial charge is 0.270 e. The Morgan fingerprint density at radius 1 is 1.19 bits per heavy atom. The molecule has 0 atom stereocenters. The standard InChI is InChI=1S/C19H21N5O2S/c25-19(16-13-14(5-6-20-16)24-9-11-26-12-10-24)22-8-7-21-18-15-3-1-2-4-17(15)27-23-18/h1-6,13H,7-12H2,(H,21,23)(H,22,25). The van der Waals surface area contributed by atoms with Gasteiger partial charge in [0.2, 0.25) is 0 Å². The molecule has 1 saturated heterocycles. The number of amides is 1. The molecule has 0 radical (unpaired) electrons. The Hall–Kier alpha value is -2.71. The van der Waals surface area contributed by atoms with Crippen molar-refractivity contribution in [2.24, 2.45) is 0 Å². The minimum atomic E-state index is -0.171. The van der Waals surface area contributed by atoms with Crippen LogP contribution in [0.25, 0.3) is 10.1 Å². The molecule has 0 bridgehead atoms. The number of ether oxygens (including phenoxy) is 1. The van der Waals surface area contributed by atoms with Crippen LogP contribution in [-0.4, -0.2) is 54.7 Å². The van der Waals surface area contributed by atoms with Gasteiger partial charge in [-0.1, -0.05) is 12.1 Å². The zero-order valence-electron chi connectivity index (χ0n) is 14.9. The molecule has 2 N–H and O–H groups in total. The summed E-state index contributed by atoms with van der Waals surface area (Å²) in [5, 5.41) is 7.29. The fourth-order valence-corrected chi connectivity index (χ4v) is 3.78. The van der Waals surface area contributed by atoms with E-state index in [9.17, 15) is 4.79 Å². The molecule has 1 fully saturated rings. The first-order valence-corrected chi connectivity index (χ1v) is 9.74. The average molecular weight is 383 g/mol. The molecule has 2 aromatic heterocycles. The van der Waals surface area contributed by atoms with Crippen molar-refractivity contribution in [2.75, 3.05) is 49.6 Å². The Morgan fingerprint density at radius 3 is 2.93 bits per heavy atom. The Labute approximate surface area is 161 Å². The van der Waals surface area contributed by atoms with Crippen LogP contribution in [0.15, 0.2) is 42.6 Å². The lowest BCUT2D eigenvalue weighted by Gasteiger charge is -2.28. The van der Waals surface area contributed by atoms with Crippen LogP contribution in [0.3, 0.4) is 0 Å². The number of nitrogens with one attached hydrogen (secondary N) is 2. The van der Waals surface area contributed by atoms with E-state index in [4.69, 9.17) is 4.74 Å². The van der Waals surface area contributed by atoms with Gasteiger partial charge in [0.25, 0.3) is 5.91 Å². The molecule has 140 valence electrons. The average Bonchev–Trinajstić information content (AvgIpc) is 3.15. The molecule has 0 saturated carbocycles. The third-order valence-corrected chi connectivity index (χ3v) is 5.26. The van der Waals surface area contributed by atoms with Crippen LogP contribution < -0.4 is 15.5 Å². The highest BCUT2D eigenvalue weighted by molar-refractivity contribution is 7.13. The number of aromatic nitrogens is 2. The Kier molecular flexibility index (Phi) is 5.45. The second kappa shape index (κ2) is 8.32. The van der Waals surface area contributed by atoms with Crippen LogP contribution in [0.5, 0.6) is 0 Å². The number of nitrogens with zero attached hydrogens (tertiary/aromatic N) is 3. The van der Waals surface area contributed by atoms with Crippen molar-refractivity contribution in [1.29, 1.82) is 0 Å². The first kappa shape index (κ1) is 17.7. The van der Waals surface area contributed by atoms with Gasteiger partial charge in [-0.3, -0.25) is 9.78 Å². The number of anilines is 2. The zero-order valence-corrected chi connectivity index (χ0v) is 15.7. The number of hydrogen-bond acceptors (Lipinski definition) is 7. The van der Waals surface area contributed by atoms with Crippen molar-refractivity contribution in [3.05, 3.63) is 48.3 Å². The minimum absolute atomic E-state index is 0.171. The summed E-state index contributed by atoms with van der Waals surface area (Å²) in [6, 6.07) is 11.9. The lowest BCUT2D eigenvalue weighted by Crippen LogP contribution is -2.36. The molecule has 1 amide bonds. The van der Waals surface area contributed by atoms with Crippen molar-refractivity contribution in [3.63, 3.8) is 0 Å². The minimum Gasteiger partial charge on any atom is -0.378 e. The highest BCUT2D eigenvalue weighted by Crippen LogP contribution is 2.25. The molecule has 3 heterocycles. The van der Waals surface area contributed by atoms with E-state index in [0.717, 1.165) is 34.7 Å². The summed E-state index contributed by atoms with van der Waals surface area (Å²) in [7, 11) is 0. The third kappa shape index (κ3) is 4.17. The van der Waals surface area contributed by atoms with E-state index in [1.807, 2.05) is 36.4 Å². The fourth-order valence-electron chi connectivity index (χ4n) is 3.02. The number of carbonyl (C=O) groups is 1. The molecule has 3 aromatic rings. The molecule has 8 heteroatoms. The Balaban J connectivity index is 1.30. The summed E-state index contributed by atoms with van der Waals surface area (Å²) in [5.41, 5.74) is 1.43. The van der Waals surface area contributed by atoms with E-state index in [1.165, 1.54) is 11.5 Å². The molecular formula is C19H21N5O2S. The quantitative estimate of drug-likeness (QED) is 0.636. The lowest BCUT2D eigenvalue weighted by molar-refractivity contribution is 0.0950. The molecular weight excluding hydrogens is 362 g/mol. The number of pyridine rings is 1. The predicted octanol–water partition coefficient (Wildman–Crippen LogP) is 2.37. The normalized spacial score (nSPS) is 14.3. The molecule has 0 spiro atoms. The van der Waals surface area contributed by atoms with E-state index in [-0.39, 0.29) is 5.91 Å². The van der Waals surface area contributed by atoms with Crippen molar-refractivity contribution in [2.45, 2.75) is 0 Å². The van der Waals surface area contributed by atoms with E-state index >= 15 is 0 Å². The van der Waals surface area contributed by atoms with E-state index in [0.29, 0.717) is 32.0 Å². The lowest BCUT2D eigenvalue weighted by atomic mass is 10.2. The third-order valence-electron chi connectivity index (χ3n) is 4.43. The number of rotatable bonds is 6. The van der Waals surface area contributed by atoms with Crippen molar-refractivity contribution in [3.8, 4) is 0 Å². The number of hydrogen-bond donors (Lipinski definition) is 2. The van der Waals surface area contributed by atoms with Crippen LogP contribution in [-0.2, 0) is 4.74 Å². The maximum absolute atomic E-state index is 12.4. The number of carbonyl (C=O) groups excluding carboxylic acids is 1. The first-order valence-electron chi connectivity index (χ1n) is 8.96. The molecule has 0 aliphatic carbocycles. The molecule has 1 aliphatic rings. The van der Waals surface area contributed by atoms with Gasteiger partial charge in [-0.05, 0) is 35.8 Å². The van der Waals surface area contributed by atoms with Gasteiger partial charge in [0, 0.05) is 43.4 Å². The summed E-state index contributed by atoms with van der Waals surface area (Å²) in [5.74, 6) is 0.687.